The van der Waals surface area contributed by atoms with E-state index in [1.165, 1.54) is 0 Å². The number of nitrogens with zero attached hydrogens (tertiary/aromatic N) is 2. The molecule has 3 N–H and O–H groups in total. The molecule has 1 aromatic rings. The molecule has 1 unspecified atom stereocenters. The number of benzene rings is 1. The van der Waals surface area contributed by atoms with Gasteiger partial charge >= 0.3 is 0 Å². The van der Waals surface area contributed by atoms with E-state index in [0.717, 1.165) is 5.56 Å². The Morgan fingerprint density at radius 1 is 1.23 bits per heavy atom. The lowest BCUT2D eigenvalue weighted by atomic mass is 9.82. The standard InChI is InChI=1S/C18H22ClN3O4/c1-11-9-12(19)5-7-15(11)20-18(24)4-2-3-17(23)14-10-13(21-25)6-8-16(14)22-26/h5,7,9,14,25-26H,2-4,6,8,10H2,1H3,(H,20,24)/b21-13+,22-16-. The Balaban J connectivity index is 1.84. The van der Waals surface area contributed by atoms with Crippen molar-refractivity contribution in [3.63, 3.8) is 0 Å². The highest BCUT2D eigenvalue weighted by molar-refractivity contribution is 6.30. The topological polar surface area (TPSA) is 111 Å². The zero-order chi connectivity index (χ0) is 19.1. The number of halogens is 1. The number of anilines is 1. The Kier molecular flexibility index (Phi) is 7.15. The molecule has 0 spiro atoms. The first-order valence-electron chi connectivity index (χ1n) is 8.44. The van der Waals surface area contributed by atoms with E-state index in [-0.39, 0.29) is 31.0 Å². The van der Waals surface area contributed by atoms with Gasteiger partial charge in [0.05, 0.1) is 17.3 Å². The van der Waals surface area contributed by atoms with Crippen molar-refractivity contribution in [3.05, 3.63) is 28.8 Å². The number of rotatable bonds is 6. The van der Waals surface area contributed by atoms with Crippen LogP contribution in [0.2, 0.25) is 5.02 Å². The van der Waals surface area contributed by atoms with E-state index in [9.17, 15) is 9.59 Å². The molecule has 1 saturated carbocycles. The van der Waals surface area contributed by atoms with Crippen LogP contribution in [0.5, 0.6) is 0 Å². The first-order chi connectivity index (χ1) is 12.4. The maximum Gasteiger partial charge on any atom is 0.224 e. The highest BCUT2D eigenvalue weighted by atomic mass is 35.5. The third kappa shape index (κ3) is 5.29. The third-order valence-corrected chi connectivity index (χ3v) is 4.69. The normalized spacial score (nSPS) is 20.3. The van der Waals surface area contributed by atoms with Crippen molar-refractivity contribution in [1.29, 1.82) is 0 Å². The van der Waals surface area contributed by atoms with Gasteiger partial charge in [0.1, 0.15) is 5.78 Å². The first-order valence-corrected chi connectivity index (χ1v) is 8.81. The summed E-state index contributed by atoms with van der Waals surface area (Å²) in [6.45, 7) is 1.85. The van der Waals surface area contributed by atoms with E-state index < -0.39 is 5.92 Å². The van der Waals surface area contributed by atoms with Gasteiger partial charge < -0.3 is 15.7 Å². The largest absolute Gasteiger partial charge is 0.411 e. The van der Waals surface area contributed by atoms with Gasteiger partial charge in [0, 0.05) is 30.0 Å². The molecule has 0 heterocycles. The molecule has 140 valence electrons. The summed E-state index contributed by atoms with van der Waals surface area (Å²) in [5.74, 6) is -0.879. The van der Waals surface area contributed by atoms with Crippen LogP contribution in [0.4, 0.5) is 5.69 Å². The van der Waals surface area contributed by atoms with Crippen molar-refractivity contribution in [3.8, 4) is 0 Å². The first kappa shape index (κ1) is 19.9. The zero-order valence-electron chi connectivity index (χ0n) is 14.5. The van der Waals surface area contributed by atoms with E-state index in [0.29, 0.717) is 41.4 Å². The van der Waals surface area contributed by atoms with Crippen molar-refractivity contribution < 1.29 is 20.0 Å². The number of hydrogen-bond donors (Lipinski definition) is 3. The number of ketones is 1. The maximum absolute atomic E-state index is 12.4. The number of nitrogens with one attached hydrogen (secondary N) is 1. The van der Waals surface area contributed by atoms with Crippen LogP contribution in [0.15, 0.2) is 28.5 Å². The maximum atomic E-state index is 12.4. The molecule has 0 aromatic heterocycles. The summed E-state index contributed by atoms with van der Waals surface area (Å²) in [7, 11) is 0. The average Bonchev–Trinajstić information content (AvgIpc) is 2.63. The van der Waals surface area contributed by atoms with Crippen LogP contribution in [0, 0.1) is 12.8 Å². The number of carbonyl (C=O) groups is 2. The highest BCUT2D eigenvalue weighted by Gasteiger charge is 2.30. The van der Waals surface area contributed by atoms with Crippen molar-refractivity contribution in [2.24, 2.45) is 16.2 Å². The number of hydrogen-bond acceptors (Lipinski definition) is 6. The minimum atomic E-state index is -0.582. The Morgan fingerprint density at radius 2 is 2.00 bits per heavy atom. The van der Waals surface area contributed by atoms with E-state index in [1.807, 2.05) is 6.92 Å². The lowest BCUT2D eigenvalue weighted by molar-refractivity contribution is -0.121. The summed E-state index contributed by atoms with van der Waals surface area (Å²) in [4.78, 5) is 24.4. The van der Waals surface area contributed by atoms with Crippen molar-refractivity contribution in [1.82, 2.24) is 0 Å². The lowest BCUT2D eigenvalue weighted by Crippen LogP contribution is -2.31. The number of carbonyl (C=O) groups excluding carboxylic acids is 2. The minimum Gasteiger partial charge on any atom is -0.411 e. The molecular formula is C18H22ClN3O4. The smallest absolute Gasteiger partial charge is 0.224 e. The third-order valence-electron chi connectivity index (χ3n) is 4.46. The monoisotopic (exact) mass is 379 g/mol. The molecule has 1 amide bonds. The van der Waals surface area contributed by atoms with Gasteiger partial charge in [-0.3, -0.25) is 9.59 Å². The fourth-order valence-electron chi connectivity index (χ4n) is 2.99. The summed E-state index contributed by atoms with van der Waals surface area (Å²) < 4.78 is 0. The Morgan fingerprint density at radius 3 is 2.65 bits per heavy atom. The second-order valence-corrected chi connectivity index (χ2v) is 6.78. The molecule has 0 radical (unpaired) electrons. The van der Waals surface area contributed by atoms with Crippen molar-refractivity contribution in [2.45, 2.75) is 45.4 Å². The fraction of sp³-hybridized carbons (Fsp3) is 0.444. The van der Waals surface area contributed by atoms with Crippen LogP contribution in [0.1, 0.15) is 44.1 Å². The summed E-state index contributed by atoms with van der Waals surface area (Å²) in [5.41, 5.74) is 2.48. The van der Waals surface area contributed by atoms with Gasteiger partial charge in [-0.2, -0.15) is 0 Å². The van der Waals surface area contributed by atoms with Gasteiger partial charge in [0.15, 0.2) is 0 Å². The van der Waals surface area contributed by atoms with Gasteiger partial charge in [-0.1, -0.05) is 21.9 Å². The van der Waals surface area contributed by atoms with Crippen LogP contribution in [-0.4, -0.2) is 33.5 Å². The predicted octanol–water partition coefficient (Wildman–Crippen LogP) is 3.79. The summed E-state index contributed by atoms with van der Waals surface area (Å²) >= 11 is 5.89. The van der Waals surface area contributed by atoms with Crippen LogP contribution in [0.3, 0.4) is 0 Å². The summed E-state index contributed by atoms with van der Waals surface area (Å²) in [6.07, 6.45) is 1.90. The molecule has 0 bridgehead atoms. The van der Waals surface area contributed by atoms with Gasteiger partial charge in [0.2, 0.25) is 5.91 Å². The molecule has 1 aliphatic carbocycles. The number of amides is 1. The quantitative estimate of drug-likeness (QED) is 0.515. The summed E-state index contributed by atoms with van der Waals surface area (Å²) in [5, 5.41) is 27.7. The average molecular weight is 380 g/mol. The number of aryl methyl sites for hydroxylation is 1. The molecule has 1 fully saturated rings. The predicted molar refractivity (Wildman–Crippen MR) is 99.5 cm³/mol. The SMILES string of the molecule is Cc1cc(Cl)ccc1NC(=O)CCCC(=O)C1C/C(=N/O)CC/C1=N/O. The second kappa shape index (κ2) is 9.33. The Hall–Kier alpha value is -2.41. The molecule has 7 nitrogen and oxygen atoms in total. The zero-order valence-corrected chi connectivity index (χ0v) is 15.3. The fourth-order valence-corrected chi connectivity index (χ4v) is 3.22. The van der Waals surface area contributed by atoms with E-state index in [1.54, 1.807) is 18.2 Å². The molecule has 0 saturated heterocycles. The van der Waals surface area contributed by atoms with Crippen LogP contribution in [-0.2, 0) is 9.59 Å². The van der Waals surface area contributed by atoms with Crippen LogP contribution in [0.25, 0.3) is 0 Å². The molecule has 0 aliphatic heterocycles. The number of Topliss-reactive ketones (excluding diaryl/α,β-unsaturated/α-hetero) is 1. The molecule has 1 atom stereocenters. The van der Waals surface area contributed by atoms with Crippen LogP contribution >= 0.6 is 11.6 Å². The van der Waals surface area contributed by atoms with E-state index >= 15 is 0 Å². The van der Waals surface area contributed by atoms with Gasteiger partial charge in [0.25, 0.3) is 0 Å². The van der Waals surface area contributed by atoms with E-state index in [2.05, 4.69) is 15.6 Å². The molecule has 2 rings (SSSR count). The van der Waals surface area contributed by atoms with Gasteiger partial charge in [-0.15, -0.1) is 0 Å². The number of oxime groups is 2. The van der Waals surface area contributed by atoms with Crippen LogP contribution < -0.4 is 5.32 Å². The van der Waals surface area contributed by atoms with E-state index in [4.69, 9.17) is 22.0 Å². The second-order valence-electron chi connectivity index (χ2n) is 6.34. The molecule has 8 heteroatoms. The lowest BCUT2D eigenvalue weighted by Gasteiger charge is -2.22. The van der Waals surface area contributed by atoms with Gasteiger partial charge in [-0.25, -0.2) is 0 Å². The highest BCUT2D eigenvalue weighted by Crippen LogP contribution is 2.23. The van der Waals surface area contributed by atoms with Crippen molar-refractivity contribution in [2.75, 3.05) is 5.32 Å². The molecule has 1 aromatic carbocycles. The van der Waals surface area contributed by atoms with Gasteiger partial charge in [-0.05, 0) is 49.9 Å². The molecule has 1 aliphatic rings. The summed E-state index contributed by atoms with van der Waals surface area (Å²) in [6, 6.07) is 5.20. The molecular weight excluding hydrogens is 358 g/mol. The molecule has 26 heavy (non-hydrogen) atoms. The Labute approximate surface area is 156 Å². The van der Waals surface area contributed by atoms with Crippen molar-refractivity contribution >= 4 is 40.4 Å². The Bertz CT molecular complexity index is 746. The minimum absolute atomic E-state index is 0.117.